The van der Waals surface area contributed by atoms with Gasteiger partial charge in [-0.3, -0.25) is 10.00 Å². The van der Waals surface area contributed by atoms with E-state index in [1.165, 1.54) is 12.1 Å². The first-order chi connectivity index (χ1) is 13.1. The van der Waals surface area contributed by atoms with Gasteiger partial charge in [0, 0.05) is 42.2 Å². The Kier molecular flexibility index (Phi) is 5.07. The highest BCUT2D eigenvalue weighted by Crippen LogP contribution is 2.33. The lowest BCUT2D eigenvalue weighted by atomic mass is 9.90. The molecule has 1 atom stereocenters. The molecular weight excluding hydrogens is 341 g/mol. The summed E-state index contributed by atoms with van der Waals surface area (Å²) in [6.07, 6.45) is 8.08. The molecule has 2 aromatic heterocycles. The molecule has 142 valence electrons. The summed E-state index contributed by atoms with van der Waals surface area (Å²) in [7, 11) is 0. The molecule has 6 heteroatoms. The molecule has 27 heavy (non-hydrogen) atoms. The van der Waals surface area contributed by atoms with Crippen LogP contribution in [-0.4, -0.2) is 37.7 Å². The van der Waals surface area contributed by atoms with Crippen molar-refractivity contribution >= 4 is 0 Å². The molecule has 0 aliphatic carbocycles. The van der Waals surface area contributed by atoms with E-state index >= 15 is 0 Å². The minimum atomic E-state index is -0.215. The molecule has 3 aromatic rings. The molecule has 1 aliphatic heterocycles. The highest BCUT2D eigenvalue weighted by atomic mass is 19.1. The third kappa shape index (κ3) is 3.81. The van der Waals surface area contributed by atoms with Crippen LogP contribution in [-0.2, 0) is 6.54 Å². The van der Waals surface area contributed by atoms with E-state index in [1.807, 2.05) is 24.5 Å². The number of hydrogen-bond donors (Lipinski definition) is 1. The molecule has 5 nitrogen and oxygen atoms in total. The summed E-state index contributed by atoms with van der Waals surface area (Å²) in [5, 5.41) is 7.49. The second kappa shape index (κ2) is 7.64. The van der Waals surface area contributed by atoms with Crippen molar-refractivity contribution < 1.29 is 4.39 Å². The third-order valence-electron chi connectivity index (χ3n) is 5.41. The second-order valence-electron chi connectivity index (χ2n) is 7.62. The summed E-state index contributed by atoms with van der Waals surface area (Å²) >= 11 is 0. The summed E-state index contributed by atoms with van der Waals surface area (Å²) in [6, 6.07) is 7.07. The molecule has 0 unspecified atom stereocenters. The van der Waals surface area contributed by atoms with Crippen molar-refractivity contribution in [3.8, 4) is 11.1 Å². The Labute approximate surface area is 159 Å². The van der Waals surface area contributed by atoms with Crippen LogP contribution < -0.4 is 0 Å². The second-order valence-corrected chi connectivity index (χ2v) is 7.62. The smallest absolute Gasteiger partial charge is 0.123 e. The van der Waals surface area contributed by atoms with Gasteiger partial charge in [-0.15, -0.1) is 0 Å². The van der Waals surface area contributed by atoms with Crippen LogP contribution in [0.3, 0.4) is 0 Å². The van der Waals surface area contributed by atoms with Crippen LogP contribution in [0.4, 0.5) is 4.39 Å². The number of aromatic nitrogens is 4. The van der Waals surface area contributed by atoms with Crippen molar-refractivity contribution in [3.05, 3.63) is 60.2 Å². The van der Waals surface area contributed by atoms with Gasteiger partial charge in [0.15, 0.2) is 0 Å². The van der Waals surface area contributed by atoms with Crippen LogP contribution >= 0.6 is 0 Å². The number of nitrogens with one attached hydrogen (secondary N) is 1. The van der Waals surface area contributed by atoms with Crippen LogP contribution in [0, 0.1) is 5.82 Å². The summed E-state index contributed by atoms with van der Waals surface area (Å²) < 4.78 is 15.5. The Hall–Kier alpha value is -2.47. The minimum absolute atomic E-state index is 0.215. The first-order valence-electron chi connectivity index (χ1n) is 9.65. The Morgan fingerprint density at radius 3 is 2.85 bits per heavy atom. The van der Waals surface area contributed by atoms with Gasteiger partial charge in [0.1, 0.15) is 11.6 Å². The van der Waals surface area contributed by atoms with Crippen molar-refractivity contribution in [2.45, 2.75) is 45.2 Å². The number of halogens is 1. The Morgan fingerprint density at radius 2 is 2.07 bits per heavy atom. The number of nitrogens with zero attached hydrogens (tertiary/aromatic N) is 4. The SMILES string of the molecule is CC(C)n1ccnc1CN1CCC[C@H](c2[nH]ncc2-c2ccc(F)cc2)C1. The molecule has 0 saturated carbocycles. The van der Waals surface area contributed by atoms with Gasteiger partial charge in [-0.1, -0.05) is 12.1 Å². The van der Waals surface area contributed by atoms with Crippen LogP contribution in [0.2, 0.25) is 0 Å². The fourth-order valence-electron chi connectivity index (χ4n) is 4.04. The van der Waals surface area contributed by atoms with Crippen molar-refractivity contribution in [2.75, 3.05) is 13.1 Å². The molecule has 0 bridgehead atoms. The zero-order chi connectivity index (χ0) is 18.8. The number of hydrogen-bond acceptors (Lipinski definition) is 3. The van der Waals surface area contributed by atoms with Crippen LogP contribution in [0.5, 0.6) is 0 Å². The predicted octanol–water partition coefficient (Wildman–Crippen LogP) is 4.37. The number of benzene rings is 1. The Morgan fingerprint density at radius 1 is 1.26 bits per heavy atom. The molecule has 0 spiro atoms. The van der Waals surface area contributed by atoms with Gasteiger partial charge >= 0.3 is 0 Å². The monoisotopic (exact) mass is 367 g/mol. The maximum atomic E-state index is 13.3. The van der Waals surface area contributed by atoms with Crippen molar-refractivity contribution in [2.24, 2.45) is 0 Å². The highest BCUT2D eigenvalue weighted by molar-refractivity contribution is 5.65. The maximum Gasteiger partial charge on any atom is 0.123 e. The van der Waals surface area contributed by atoms with Gasteiger partial charge in [0.2, 0.25) is 0 Å². The van der Waals surface area contributed by atoms with Crippen LogP contribution in [0.25, 0.3) is 11.1 Å². The van der Waals surface area contributed by atoms with Crippen molar-refractivity contribution in [1.82, 2.24) is 24.6 Å². The molecule has 1 fully saturated rings. The molecule has 0 amide bonds. The summed E-state index contributed by atoms with van der Waals surface area (Å²) in [5.74, 6) is 1.30. The fourth-order valence-corrected chi connectivity index (χ4v) is 4.04. The molecule has 3 heterocycles. The molecule has 1 N–H and O–H groups in total. The molecule has 1 saturated heterocycles. The number of rotatable bonds is 5. The van der Waals surface area contributed by atoms with Gasteiger partial charge < -0.3 is 4.57 Å². The number of imidazole rings is 1. The average molecular weight is 367 g/mol. The zero-order valence-corrected chi connectivity index (χ0v) is 15.9. The van der Waals surface area contributed by atoms with Gasteiger partial charge in [-0.2, -0.15) is 5.10 Å². The van der Waals surface area contributed by atoms with Crippen molar-refractivity contribution in [1.29, 1.82) is 0 Å². The van der Waals surface area contributed by atoms with Gasteiger partial charge in [-0.25, -0.2) is 9.37 Å². The number of likely N-dealkylation sites (tertiary alicyclic amines) is 1. The molecule has 0 radical (unpaired) electrons. The summed E-state index contributed by atoms with van der Waals surface area (Å²) in [5.41, 5.74) is 3.23. The van der Waals surface area contributed by atoms with E-state index in [0.29, 0.717) is 12.0 Å². The van der Waals surface area contributed by atoms with E-state index in [2.05, 4.69) is 44.7 Å². The minimum Gasteiger partial charge on any atom is -0.331 e. The quantitative estimate of drug-likeness (QED) is 0.728. The first-order valence-corrected chi connectivity index (χ1v) is 9.65. The zero-order valence-electron chi connectivity index (χ0n) is 15.9. The van der Waals surface area contributed by atoms with Crippen LogP contribution in [0.1, 0.15) is 50.2 Å². The lowest BCUT2D eigenvalue weighted by Crippen LogP contribution is -2.35. The molecule has 4 rings (SSSR count). The molecule has 1 aliphatic rings. The van der Waals surface area contributed by atoms with Gasteiger partial charge in [0.05, 0.1) is 12.7 Å². The topological polar surface area (TPSA) is 49.7 Å². The number of aromatic amines is 1. The van der Waals surface area contributed by atoms with Gasteiger partial charge in [0.25, 0.3) is 0 Å². The normalized spacial score (nSPS) is 18.3. The standard InChI is InChI=1S/C21H26FN5/c1-15(2)27-11-9-23-20(27)14-26-10-3-4-17(13-26)21-19(12-24-25-21)16-5-7-18(22)8-6-16/h5-9,11-12,15,17H,3-4,10,13-14H2,1-2H3,(H,24,25)/t17-/m0/s1. The van der Waals surface area contributed by atoms with E-state index in [9.17, 15) is 4.39 Å². The van der Waals surface area contributed by atoms with Crippen molar-refractivity contribution in [3.63, 3.8) is 0 Å². The Bertz CT molecular complexity index is 880. The number of H-pyrrole nitrogens is 1. The lowest BCUT2D eigenvalue weighted by Gasteiger charge is -2.32. The largest absolute Gasteiger partial charge is 0.331 e. The average Bonchev–Trinajstić information content (AvgIpc) is 3.32. The summed E-state index contributed by atoms with van der Waals surface area (Å²) in [6.45, 7) is 7.29. The highest BCUT2D eigenvalue weighted by Gasteiger charge is 2.26. The fraction of sp³-hybridized carbons (Fsp3) is 0.429. The van der Waals surface area contributed by atoms with E-state index in [-0.39, 0.29) is 5.82 Å². The summed E-state index contributed by atoms with van der Waals surface area (Å²) in [4.78, 5) is 7.04. The Balaban J connectivity index is 1.51. The molecular formula is C21H26FN5. The third-order valence-corrected chi connectivity index (χ3v) is 5.41. The lowest BCUT2D eigenvalue weighted by molar-refractivity contribution is 0.191. The van der Waals surface area contributed by atoms with E-state index in [1.54, 1.807) is 0 Å². The maximum absolute atomic E-state index is 13.3. The number of piperidine rings is 1. The van der Waals surface area contributed by atoms with E-state index < -0.39 is 0 Å². The van der Waals surface area contributed by atoms with E-state index in [0.717, 1.165) is 55.1 Å². The first kappa shape index (κ1) is 17.9. The van der Waals surface area contributed by atoms with Crippen LogP contribution in [0.15, 0.2) is 42.9 Å². The van der Waals surface area contributed by atoms with E-state index in [4.69, 9.17) is 0 Å². The van der Waals surface area contributed by atoms with Gasteiger partial charge in [-0.05, 0) is 50.9 Å². The molecule has 1 aromatic carbocycles. The predicted molar refractivity (Wildman–Crippen MR) is 104 cm³/mol.